The highest BCUT2D eigenvalue weighted by Crippen LogP contribution is 2.24. The van der Waals surface area contributed by atoms with Crippen LogP contribution < -0.4 is 11.1 Å². The fourth-order valence-corrected chi connectivity index (χ4v) is 1.95. The first-order valence-electron chi connectivity index (χ1n) is 6.37. The van der Waals surface area contributed by atoms with Crippen LogP contribution in [0.15, 0.2) is 0 Å². The van der Waals surface area contributed by atoms with Gasteiger partial charge in [-0.15, -0.1) is 0 Å². The van der Waals surface area contributed by atoms with E-state index in [1.54, 1.807) is 6.92 Å². The fourth-order valence-electron chi connectivity index (χ4n) is 1.95. The molecule has 0 saturated carbocycles. The van der Waals surface area contributed by atoms with E-state index in [0.717, 1.165) is 25.9 Å². The Kier molecular flexibility index (Phi) is 5.88. The van der Waals surface area contributed by atoms with Crippen molar-refractivity contribution in [2.24, 2.45) is 5.73 Å². The molecule has 0 aromatic rings. The molecule has 1 heterocycles. The third-order valence-electron chi connectivity index (χ3n) is 3.00. The quantitative estimate of drug-likeness (QED) is 0.710. The van der Waals surface area contributed by atoms with E-state index in [-0.39, 0.29) is 5.91 Å². The molecule has 1 aliphatic heterocycles. The zero-order valence-electron chi connectivity index (χ0n) is 10.8. The zero-order chi connectivity index (χ0) is 12.7. The maximum atomic E-state index is 11.7. The summed E-state index contributed by atoms with van der Waals surface area (Å²) in [5.41, 5.74) is 5.27. The highest BCUT2D eigenvalue weighted by atomic mass is 16.6. The summed E-state index contributed by atoms with van der Waals surface area (Å²) in [4.78, 5) is 11.7. The van der Waals surface area contributed by atoms with Crippen molar-refractivity contribution in [1.82, 2.24) is 5.32 Å². The number of rotatable bonds is 6. The number of nitrogens with two attached hydrogens (primary N) is 1. The predicted molar refractivity (Wildman–Crippen MR) is 65.7 cm³/mol. The summed E-state index contributed by atoms with van der Waals surface area (Å²) in [7, 11) is 0. The highest BCUT2D eigenvalue weighted by Gasteiger charge is 2.35. The van der Waals surface area contributed by atoms with Crippen LogP contribution >= 0.6 is 0 Å². The number of nitrogens with one attached hydrogen (secondary N) is 1. The zero-order valence-corrected chi connectivity index (χ0v) is 10.8. The maximum Gasteiger partial charge on any atom is 0.248 e. The predicted octanol–water partition coefficient (Wildman–Crippen LogP) is 0.426. The van der Waals surface area contributed by atoms with Gasteiger partial charge in [-0.1, -0.05) is 6.92 Å². The Balaban J connectivity index is 2.46. The topological polar surface area (TPSA) is 73.6 Å². The molecule has 1 aliphatic rings. The van der Waals surface area contributed by atoms with E-state index >= 15 is 0 Å². The van der Waals surface area contributed by atoms with E-state index in [0.29, 0.717) is 19.7 Å². The molecule has 1 rings (SSSR count). The Bertz CT molecular complexity index is 240. The van der Waals surface area contributed by atoms with Gasteiger partial charge in [0.2, 0.25) is 5.91 Å². The van der Waals surface area contributed by atoms with Crippen LogP contribution in [0, 0.1) is 0 Å². The standard InChI is InChI=1S/C12H24N2O3/c1-3-6-14-11(15)10(2)17-12(8-13)5-4-7-16-9-12/h10H,3-9,13H2,1-2H3,(H,14,15). The molecule has 0 radical (unpaired) electrons. The largest absolute Gasteiger partial charge is 0.378 e. The second-order valence-electron chi connectivity index (χ2n) is 4.59. The van der Waals surface area contributed by atoms with E-state index in [1.807, 2.05) is 6.92 Å². The van der Waals surface area contributed by atoms with Crippen molar-refractivity contribution in [3.8, 4) is 0 Å². The van der Waals surface area contributed by atoms with Crippen LogP contribution in [-0.2, 0) is 14.3 Å². The van der Waals surface area contributed by atoms with Gasteiger partial charge < -0.3 is 20.5 Å². The molecule has 1 amide bonds. The van der Waals surface area contributed by atoms with Crippen LogP contribution in [0.2, 0.25) is 0 Å². The monoisotopic (exact) mass is 244 g/mol. The Labute approximate surface area is 103 Å². The molecule has 0 bridgehead atoms. The molecule has 1 fully saturated rings. The van der Waals surface area contributed by atoms with Crippen LogP contribution in [0.25, 0.3) is 0 Å². The smallest absolute Gasteiger partial charge is 0.248 e. The molecule has 5 nitrogen and oxygen atoms in total. The molecule has 5 heteroatoms. The van der Waals surface area contributed by atoms with Crippen molar-refractivity contribution in [1.29, 1.82) is 0 Å². The average molecular weight is 244 g/mol. The second-order valence-corrected chi connectivity index (χ2v) is 4.59. The lowest BCUT2D eigenvalue weighted by Gasteiger charge is -2.37. The number of amides is 1. The van der Waals surface area contributed by atoms with E-state index in [9.17, 15) is 4.79 Å². The van der Waals surface area contributed by atoms with Gasteiger partial charge in [-0.05, 0) is 26.2 Å². The molecular formula is C12H24N2O3. The number of hydrogen-bond donors (Lipinski definition) is 2. The average Bonchev–Trinajstić information content (AvgIpc) is 2.36. The summed E-state index contributed by atoms with van der Waals surface area (Å²) in [6.07, 6.45) is 2.23. The van der Waals surface area contributed by atoms with Crippen LogP contribution in [-0.4, -0.2) is 43.9 Å². The van der Waals surface area contributed by atoms with Crippen LogP contribution in [0.1, 0.15) is 33.1 Å². The van der Waals surface area contributed by atoms with Crippen molar-refractivity contribution >= 4 is 5.91 Å². The van der Waals surface area contributed by atoms with Crippen molar-refractivity contribution in [2.45, 2.75) is 44.8 Å². The van der Waals surface area contributed by atoms with Gasteiger partial charge in [-0.25, -0.2) is 0 Å². The first-order chi connectivity index (χ1) is 8.13. The third kappa shape index (κ3) is 4.26. The Morgan fingerprint density at radius 3 is 2.94 bits per heavy atom. The fraction of sp³-hybridized carbons (Fsp3) is 0.917. The lowest BCUT2D eigenvalue weighted by molar-refractivity contribution is -0.165. The summed E-state index contributed by atoms with van der Waals surface area (Å²) in [5, 5.41) is 2.82. The lowest BCUT2D eigenvalue weighted by Crippen LogP contribution is -2.52. The van der Waals surface area contributed by atoms with Crippen molar-refractivity contribution in [3.63, 3.8) is 0 Å². The Hall–Kier alpha value is -0.650. The number of carbonyl (C=O) groups is 1. The number of hydrogen-bond acceptors (Lipinski definition) is 4. The first kappa shape index (κ1) is 14.4. The maximum absolute atomic E-state index is 11.7. The molecule has 3 N–H and O–H groups in total. The minimum Gasteiger partial charge on any atom is -0.378 e. The Morgan fingerprint density at radius 2 is 2.41 bits per heavy atom. The molecule has 100 valence electrons. The van der Waals surface area contributed by atoms with Gasteiger partial charge in [0.1, 0.15) is 11.7 Å². The summed E-state index contributed by atoms with van der Waals surface area (Å²) in [5.74, 6) is -0.0785. The number of carbonyl (C=O) groups excluding carboxylic acids is 1. The third-order valence-corrected chi connectivity index (χ3v) is 3.00. The molecule has 0 aliphatic carbocycles. The van der Waals surface area contributed by atoms with Gasteiger partial charge >= 0.3 is 0 Å². The van der Waals surface area contributed by atoms with Gasteiger partial charge in [0.25, 0.3) is 0 Å². The number of ether oxygens (including phenoxy) is 2. The molecule has 17 heavy (non-hydrogen) atoms. The molecule has 0 spiro atoms. The van der Waals surface area contributed by atoms with E-state index in [1.165, 1.54) is 0 Å². The van der Waals surface area contributed by atoms with E-state index < -0.39 is 11.7 Å². The molecule has 0 aromatic heterocycles. The summed E-state index contributed by atoms with van der Waals surface area (Å²) >= 11 is 0. The summed E-state index contributed by atoms with van der Waals surface area (Å²) in [6, 6.07) is 0. The van der Waals surface area contributed by atoms with Crippen LogP contribution in [0.4, 0.5) is 0 Å². The van der Waals surface area contributed by atoms with Gasteiger partial charge in [0, 0.05) is 19.7 Å². The molecule has 2 atom stereocenters. The van der Waals surface area contributed by atoms with Crippen LogP contribution in [0.5, 0.6) is 0 Å². The summed E-state index contributed by atoms with van der Waals surface area (Å²) < 4.78 is 11.2. The summed E-state index contributed by atoms with van der Waals surface area (Å²) in [6.45, 7) is 6.08. The van der Waals surface area contributed by atoms with Gasteiger partial charge in [-0.2, -0.15) is 0 Å². The minimum atomic E-state index is -0.485. The molecule has 1 saturated heterocycles. The molecular weight excluding hydrogens is 220 g/mol. The molecule has 0 aromatic carbocycles. The minimum absolute atomic E-state index is 0.0785. The van der Waals surface area contributed by atoms with Crippen LogP contribution in [0.3, 0.4) is 0 Å². The van der Waals surface area contributed by atoms with Gasteiger partial charge in [-0.3, -0.25) is 4.79 Å². The van der Waals surface area contributed by atoms with Crippen molar-refractivity contribution in [2.75, 3.05) is 26.3 Å². The van der Waals surface area contributed by atoms with Crippen molar-refractivity contribution in [3.05, 3.63) is 0 Å². The normalized spacial score (nSPS) is 26.5. The van der Waals surface area contributed by atoms with E-state index in [4.69, 9.17) is 15.2 Å². The second kappa shape index (κ2) is 6.93. The van der Waals surface area contributed by atoms with Gasteiger partial charge in [0.15, 0.2) is 0 Å². The van der Waals surface area contributed by atoms with Crippen molar-refractivity contribution < 1.29 is 14.3 Å². The lowest BCUT2D eigenvalue weighted by atomic mass is 9.96. The van der Waals surface area contributed by atoms with Gasteiger partial charge in [0.05, 0.1) is 6.61 Å². The first-order valence-corrected chi connectivity index (χ1v) is 6.37. The highest BCUT2D eigenvalue weighted by molar-refractivity contribution is 5.80. The SMILES string of the molecule is CCCNC(=O)C(C)OC1(CN)CCCOC1. The van der Waals surface area contributed by atoms with E-state index in [2.05, 4.69) is 5.32 Å². The Morgan fingerprint density at radius 1 is 1.65 bits per heavy atom. The molecule has 2 unspecified atom stereocenters.